The van der Waals surface area contributed by atoms with Gasteiger partial charge in [0.1, 0.15) is 0 Å². The van der Waals surface area contributed by atoms with Crippen molar-refractivity contribution in [3.8, 4) is 0 Å². The Balaban J connectivity index is 0.000000999. The fraction of sp³-hybridized carbons (Fsp3) is 0.455. The normalized spacial score (nSPS) is 19.4. The van der Waals surface area contributed by atoms with Crippen LogP contribution in [0.4, 0.5) is 0 Å². The van der Waals surface area contributed by atoms with Gasteiger partial charge in [-0.25, -0.2) is 37.3 Å². The van der Waals surface area contributed by atoms with E-state index in [4.69, 9.17) is 54.5 Å². The largest absolute Gasteiger partial charge is 2.00 e. The maximum Gasteiger partial charge on any atom is 2.00 e. The van der Waals surface area contributed by atoms with Crippen molar-refractivity contribution in [3.63, 3.8) is 0 Å². The first-order valence-corrected chi connectivity index (χ1v) is 18.3. The molecule has 0 amide bonds. The van der Waals surface area contributed by atoms with Crippen LogP contribution in [0.25, 0.3) is 0 Å². The molecular formula is C33H48Cl2CuN6O8. The minimum Gasteiger partial charge on any atom is -0.326 e. The molecule has 3 aromatic carbocycles. The van der Waals surface area contributed by atoms with Crippen molar-refractivity contribution in [1.29, 1.82) is 0 Å². The summed E-state index contributed by atoms with van der Waals surface area (Å²) in [5.41, 5.74) is 23.4. The van der Waals surface area contributed by atoms with Gasteiger partial charge in [-0.2, -0.15) is 0 Å². The zero-order valence-electron chi connectivity index (χ0n) is 27.5. The number of halogens is 2. The summed E-state index contributed by atoms with van der Waals surface area (Å²) in [4.78, 5) is 0. The van der Waals surface area contributed by atoms with Crippen molar-refractivity contribution >= 4 is 0 Å². The molecule has 0 heterocycles. The molecule has 50 heavy (non-hydrogen) atoms. The summed E-state index contributed by atoms with van der Waals surface area (Å²) in [5.74, 6) is 0. The number of benzene rings is 3. The summed E-state index contributed by atoms with van der Waals surface area (Å²) in [6.07, 6.45) is 5.87. The van der Waals surface area contributed by atoms with Crippen molar-refractivity contribution in [2.24, 2.45) is 17.2 Å². The number of hydrogen-bond acceptors (Lipinski definition) is 14. The molecule has 0 aromatic heterocycles. The minimum atomic E-state index is -4.94. The third-order valence-corrected chi connectivity index (χ3v) is 7.74. The first-order chi connectivity index (χ1) is 23.0. The Morgan fingerprint density at radius 2 is 0.660 bits per heavy atom. The molecule has 283 valence electrons. The van der Waals surface area contributed by atoms with E-state index in [1.165, 1.54) is 16.7 Å². The molecule has 1 aliphatic carbocycles. The molecule has 1 fully saturated rings. The minimum absolute atomic E-state index is 0. The first kappa shape index (κ1) is 46.2. The molecule has 4 rings (SSSR count). The Morgan fingerprint density at radius 3 is 0.860 bits per heavy atom. The van der Waals surface area contributed by atoms with Gasteiger partial charge in [-0.05, 0) is 55.2 Å². The van der Waals surface area contributed by atoms with E-state index in [0.29, 0.717) is 18.1 Å². The number of rotatable bonds is 15. The molecule has 9 N–H and O–H groups in total. The molecule has 0 unspecified atom stereocenters. The second-order valence-electron chi connectivity index (χ2n) is 12.1. The fourth-order valence-corrected chi connectivity index (χ4v) is 5.74. The second-order valence-corrected chi connectivity index (χ2v) is 13.6. The van der Waals surface area contributed by atoms with Crippen LogP contribution in [0.5, 0.6) is 0 Å². The second kappa shape index (κ2) is 24.4. The number of nitrogens with two attached hydrogens (primary N) is 3. The average molecular weight is 791 g/mol. The van der Waals surface area contributed by atoms with Crippen molar-refractivity contribution in [2.75, 3.05) is 19.6 Å². The summed E-state index contributed by atoms with van der Waals surface area (Å²) >= 11 is 0. The molecule has 3 aromatic rings. The van der Waals surface area contributed by atoms with E-state index < -0.39 is 20.5 Å². The Hall–Kier alpha value is -1.80. The van der Waals surface area contributed by atoms with Gasteiger partial charge in [0, 0.05) is 55.9 Å². The van der Waals surface area contributed by atoms with E-state index in [1.807, 2.05) is 18.2 Å². The topological polar surface area (TPSA) is 299 Å². The zero-order valence-corrected chi connectivity index (χ0v) is 30.0. The van der Waals surface area contributed by atoms with Gasteiger partial charge in [0.25, 0.3) is 0 Å². The van der Waals surface area contributed by atoms with Crippen LogP contribution < -0.4 is 70.4 Å². The van der Waals surface area contributed by atoms with Gasteiger partial charge >= 0.3 is 17.1 Å². The Bertz CT molecular complexity index is 1100. The van der Waals surface area contributed by atoms with Gasteiger partial charge in [0.05, 0.1) is 0 Å². The standard InChI is InChI=1S/C33H48N6.2ClHO4.Cu/c34-28(16-25-10-4-1-5-11-25)22-37-31-19-32(38-23-29(35)17-26-12-6-2-7-13-26)21-33(20-31)39-24-30(36)18-27-14-8-3-9-15-27;2*2-1(3,4)5;/h1-15,28-33,37-39H,16-24,34-36H2;2*(H,2,3,4,5);/q;;;+2/p-2/t28-,29-,30-,31?,32?,33?;;;/m0.../s1. The molecule has 0 bridgehead atoms. The summed E-state index contributed by atoms with van der Waals surface area (Å²) < 4.78 is 67.9. The SMILES string of the molecule is N[C@H](CNC1CC(NC[C@@H](N)Cc2ccccc2)CC(NC[C@@H](N)Cc2ccccc2)C1)Cc1ccccc1.[Cu+2].[O-][Cl+3]([O-])([O-])[O-].[O-][Cl+3]([O-])([O-])[O-]. The van der Waals surface area contributed by atoms with E-state index in [1.54, 1.807) is 0 Å². The smallest absolute Gasteiger partial charge is 0.326 e. The summed E-state index contributed by atoms with van der Waals surface area (Å²) in [5, 5.41) is 11.4. The summed E-state index contributed by atoms with van der Waals surface area (Å²) in [6, 6.07) is 33.0. The first-order valence-electron chi connectivity index (χ1n) is 15.9. The fourth-order valence-electron chi connectivity index (χ4n) is 5.74. The van der Waals surface area contributed by atoms with Crippen LogP contribution in [0.3, 0.4) is 0 Å². The van der Waals surface area contributed by atoms with E-state index >= 15 is 0 Å². The summed E-state index contributed by atoms with van der Waals surface area (Å²) in [7, 11) is -9.89. The van der Waals surface area contributed by atoms with Gasteiger partial charge in [-0.1, -0.05) is 91.0 Å². The predicted molar refractivity (Wildman–Crippen MR) is 164 cm³/mol. The predicted octanol–water partition coefficient (Wildman–Crippen LogP) is -6.76. The van der Waals surface area contributed by atoms with Crippen LogP contribution in [0.2, 0.25) is 0 Å². The van der Waals surface area contributed by atoms with Crippen molar-refractivity contribution in [2.45, 2.75) is 74.8 Å². The van der Waals surface area contributed by atoms with Gasteiger partial charge in [0.2, 0.25) is 0 Å². The van der Waals surface area contributed by atoms with Crippen LogP contribution in [0.15, 0.2) is 91.0 Å². The molecule has 0 aliphatic heterocycles. The van der Waals surface area contributed by atoms with Crippen LogP contribution in [0, 0.1) is 20.5 Å². The number of hydrogen-bond donors (Lipinski definition) is 6. The van der Waals surface area contributed by atoms with Crippen molar-refractivity contribution in [3.05, 3.63) is 108 Å². The van der Waals surface area contributed by atoms with Crippen LogP contribution in [0.1, 0.15) is 36.0 Å². The van der Waals surface area contributed by atoms with Crippen molar-refractivity contribution < 1.29 is 74.8 Å². The Morgan fingerprint density at radius 1 is 0.460 bits per heavy atom. The van der Waals surface area contributed by atoms with E-state index in [0.717, 1.165) is 58.2 Å². The number of nitrogens with one attached hydrogen (secondary N) is 3. The molecule has 0 spiro atoms. The molecule has 14 nitrogen and oxygen atoms in total. The molecule has 3 atom stereocenters. The molecular weight excluding hydrogens is 743 g/mol. The van der Waals surface area contributed by atoms with Crippen molar-refractivity contribution in [1.82, 2.24) is 16.0 Å². The molecule has 0 saturated heterocycles. The van der Waals surface area contributed by atoms with Crippen LogP contribution in [-0.4, -0.2) is 55.9 Å². The van der Waals surface area contributed by atoms with Gasteiger partial charge < -0.3 is 33.2 Å². The average Bonchev–Trinajstić information content (AvgIpc) is 3.02. The van der Waals surface area contributed by atoms with E-state index in [9.17, 15) is 0 Å². The molecule has 1 saturated carbocycles. The Kier molecular flexibility index (Phi) is 22.6. The van der Waals surface area contributed by atoms with E-state index in [-0.39, 0.29) is 35.2 Å². The van der Waals surface area contributed by atoms with Gasteiger partial charge in [0.15, 0.2) is 0 Å². The van der Waals surface area contributed by atoms with Gasteiger partial charge in [-0.3, -0.25) is 0 Å². The quantitative estimate of drug-likeness (QED) is 0.0781. The van der Waals surface area contributed by atoms with E-state index in [2.05, 4.69) is 88.7 Å². The van der Waals surface area contributed by atoms with Crippen LogP contribution in [-0.2, 0) is 36.3 Å². The third kappa shape index (κ3) is 25.2. The maximum atomic E-state index is 8.49. The molecule has 1 radical (unpaired) electrons. The van der Waals surface area contributed by atoms with Crippen LogP contribution >= 0.6 is 0 Å². The zero-order chi connectivity index (χ0) is 36.3. The Labute approximate surface area is 309 Å². The molecule has 1 aliphatic rings. The monoisotopic (exact) mass is 789 g/mol. The van der Waals surface area contributed by atoms with Gasteiger partial charge in [-0.15, -0.1) is 20.5 Å². The third-order valence-electron chi connectivity index (χ3n) is 7.74. The molecule has 17 heteroatoms. The summed E-state index contributed by atoms with van der Waals surface area (Å²) in [6.45, 7) is 2.42. The maximum absolute atomic E-state index is 8.49.